The van der Waals surface area contributed by atoms with Gasteiger partial charge in [-0.15, -0.1) is 0 Å². The minimum atomic E-state index is -3.57. The molecule has 2 aromatic rings. The predicted octanol–water partition coefficient (Wildman–Crippen LogP) is 3.50. The van der Waals surface area contributed by atoms with Crippen LogP contribution in [0.15, 0.2) is 59.5 Å². The van der Waals surface area contributed by atoms with Crippen molar-refractivity contribution in [1.29, 1.82) is 0 Å². The van der Waals surface area contributed by atoms with Crippen molar-refractivity contribution in [1.82, 2.24) is 10.0 Å². The summed E-state index contributed by atoms with van der Waals surface area (Å²) in [4.78, 5) is 0.0996. The van der Waals surface area contributed by atoms with Gasteiger partial charge in [0.15, 0.2) is 0 Å². The minimum absolute atomic E-state index is 0.0996. The topological polar surface area (TPSA) is 58.2 Å². The molecule has 0 aliphatic carbocycles. The van der Waals surface area contributed by atoms with Crippen molar-refractivity contribution >= 4 is 10.0 Å². The lowest BCUT2D eigenvalue weighted by molar-refractivity contribution is 0.286. The van der Waals surface area contributed by atoms with Gasteiger partial charge in [-0.25, -0.2) is 17.5 Å². The number of piperidine rings is 1. The van der Waals surface area contributed by atoms with Crippen molar-refractivity contribution in [2.45, 2.75) is 43.0 Å². The number of nitrogens with one attached hydrogen (secondary N) is 2. The molecule has 0 unspecified atom stereocenters. The van der Waals surface area contributed by atoms with E-state index in [2.05, 4.69) is 34.3 Å². The normalized spacial score (nSPS) is 20.5. The summed E-state index contributed by atoms with van der Waals surface area (Å²) >= 11 is 0. The largest absolute Gasteiger partial charge is 0.314 e. The summed E-state index contributed by atoms with van der Waals surface area (Å²) in [6.07, 6.45) is 5.13. The Morgan fingerprint density at radius 2 is 1.81 bits per heavy atom. The van der Waals surface area contributed by atoms with E-state index in [1.807, 2.05) is 6.07 Å². The zero-order valence-corrected chi connectivity index (χ0v) is 16.2. The van der Waals surface area contributed by atoms with Crippen molar-refractivity contribution in [3.8, 4) is 0 Å². The first-order valence-electron chi connectivity index (χ1n) is 9.55. The predicted molar refractivity (Wildman–Crippen MR) is 105 cm³/mol. The average Bonchev–Trinajstić information content (AvgIpc) is 2.67. The third-order valence-corrected chi connectivity index (χ3v) is 6.59. The number of benzene rings is 2. The van der Waals surface area contributed by atoms with E-state index in [1.165, 1.54) is 24.1 Å². The molecule has 0 spiro atoms. The van der Waals surface area contributed by atoms with Crippen LogP contribution >= 0.6 is 0 Å². The Bertz CT molecular complexity index is 810. The smallest absolute Gasteiger partial charge is 0.240 e. The number of rotatable bonds is 8. The second-order valence-electron chi connectivity index (χ2n) is 7.23. The zero-order chi connectivity index (χ0) is 19.1. The van der Waals surface area contributed by atoms with E-state index >= 15 is 0 Å². The molecule has 0 bridgehead atoms. The molecule has 2 atom stereocenters. The van der Waals surface area contributed by atoms with Crippen molar-refractivity contribution in [3.63, 3.8) is 0 Å². The molecule has 4 nitrogen and oxygen atoms in total. The second-order valence-corrected chi connectivity index (χ2v) is 8.99. The van der Waals surface area contributed by atoms with E-state index in [9.17, 15) is 12.8 Å². The molecule has 0 saturated carbocycles. The summed E-state index contributed by atoms with van der Waals surface area (Å²) < 4.78 is 39.9. The minimum Gasteiger partial charge on any atom is -0.314 e. The van der Waals surface area contributed by atoms with Crippen LogP contribution in [0.5, 0.6) is 0 Å². The van der Waals surface area contributed by atoms with Crippen LogP contribution in [0.2, 0.25) is 0 Å². The molecule has 1 heterocycles. The van der Waals surface area contributed by atoms with Crippen LogP contribution in [0.1, 0.15) is 31.2 Å². The molecule has 6 heteroatoms. The average molecular weight is 391 g/mol. The van der Waals surface area contributed by atoms with E-state index in [1.54, 1.807) is 0 Å². The maximum absolute atomic E-state index is 12.9. The van der Waals surface area contributed by atoms with Gasteiger partial charge in [-0.05, 0) is 74.4 Å². The molecule has 1 saturated heterocycles. The van der Waals surface area contributed by atoms with Gasteiger partial charge >= 0.3 is 0 Å². The first-order valence-corrected chi connectivity index (χ1v) is 11.0. The van der Waals surface area contributed by atoms with E-state index < -0.39 is 15.8 Å². The van der Waals surface area contributed by atoms with Crippen molar-refractivity contribution < 1.29 is 12.8 Å². The van der Waals surface area contributed by atoms with Gasteiger partial charge in [-0.1, -0.05) is 30.3 Å². The molecule has 0 radical (unpaired) electrons. The number of halogens is 1. The number of sulfonamides is 1. The van der Waals surface area contributed by atoms with Crippen LogP contribution in [-0.4, -0.2) is 27.5 Å². The Hall–Kier alpha value is -1.76. The Morgan fingerprint density at radius 1 is 1.07 bits per heavy atom. The standard InChI is InChI=1S/C21H27FN2O2S/c22-19-8-10-21(11-9-19)27(25,26)24-13-4-7-20-16-18(12-14-23-20)15-17-5-2-1-3-6-17/h1-3,5-6,8-11,18,20,23-24H,4,7,12-16H2/t18-,20-/m1/s1. The second kappa shape index (κ2) is 9.44. The fourth-order valence-corrected chi connectivity index (χ4v) is 4.77. The molecule has 1 aliphatic rings. The maximum Gasteiger partial charge on any atom is 0.240 e. The maximum atomic E-state index is 12.9. The summed E-state index contributed by atoms with van der Waals surface area (Å²) in [5.41, 5.74) is 1.38. The van der Waals surface area contributed by atoms with Gasteiger partial charge < -0.3 is 5.32 Å². The number of hydrogen-bond donors (Lipinski definition) is 2. The SMILES string of the molecule is O=S(=O)(NCCC[C@@H]1C[C@@H](Cc2ccccc2)CCN1)c1ccc(F)cc1. The van der Waals surface area contributed by atoms with E-state index in [-0.39, 0.29) is 4.90 Å². The van der Waals surface area contributed by atoms with Crippen molar-refractivity contribution in [2.75, 3.05) is 13.1 Å². The summed E-state index contributed by atoms with van der Waals surface area (Å²) in [5.74, 6) is 0.233. The first-order chi connectivity index (χ1) is 13.0. The van der Waals surface area contributed by atoms with Crippen molar-refractivity contribution in [3.05, 3.63) is 66.0 Å². The summed E-state index contributed by atoms with van der Waals surface area (Å²) in [7, 11) is -3.57. The molecular formula is C21H27FN2O2S. The summed E-state index contributed by atoms with van der Waals surface area (Å²) in [5, 5.41) is 3.55. The van der Waals surface area contributed by atoms with Crippen LogP contribution in [-0.2, 0) is 16.4 Å². The lowest BCUT2D eigenvalue weighted by atomic mass is 9.86. The Kier molecular flexibility index (Phi) is 6.99. The lowest BCUT2D eigenvalue weighted by Crippen LogP contribution is -2.39. The molecule has 0 amide bonds. The van der Waals surface area contributed by atoms with Gasteiger partial charge in [0.1, 0.15) is 5.82 Å². The fourth-order valence-electron chi connectivity index (χ4n) is 3.70. The summed E-state index contributed by atoms with van der Waals surface area (Å²) in [6, 6.07) is 15.9. The van der Waals surface area contributed by atoms with Gasteiger partial charge in [0.2, 0.25) is 10.0 Å². The summed E-state index contributed by atoms with van der Waals surface area (Å²) in [6.45, 7) is 1.41. The van der Waals surface area contributed by atoms with E-state index in [0.717, 1.165) is 44.4 Å². The van der Waals surface area contributed by atoms with Crippen LogP contribution in [0.4, 0.5) is 4.39 Å². The van der Waals surface area contributed by atoms with Gasteiger partial charge in [0.25, 0.3) is 0 Å². The van der Waals surface area contributed by atoms with Gasteiger partial charge in [0.05, 0.1) is 4.90 Å². The molecule has 1 fully saturated rings. The molecule has 2 aromatic carbocycles. The van der Waals surface area contributed by atoms with Gasteiger partial charge in [-0.3, -0.25) is 0 Å². The van der Waals surface area contributed by atoms with E-state index in [0.29, 0.717) is 18.5 Å². The first kappa shape index (κ1) is 20.0. The molecule has 0 aromatic heterocycles. The lowest BCUT2D eigenvalue weighted by Gasteiger charge is -2.30. The Labute approximate surface area is 161 Å². The van der Waals surface area contributed by atoms with Crippen LogP contribution in [0.3, 0.4) is 0 Å². The molecule has 146 valence electrons. The number of hydrogen-bond acceptors (Lipinski definition) is 3. The van der Waals surface area contributed by atoms with Crippen LogP contribution in [0.25, 0.3) is 0 Å². The quantitative estimate of drug-likeness (QED) is 0.679. The highest BCUT2D eigenvalue weighted by atomic mass is 32.2. The van der Waals surface area contributed by atoms with Gasteiger partial charge in [0, 0.05) is 12.6 Å². The highest BCUT2D eigenvalue weighted by Crippen LogP contribution is 2.23. The fraction of sp³-hybridized carbons (Fsp3) is 0.429. The molecule has 1 aliphatic heterocycles. The molecule has 27 heavy (non-hydrogen) atoms. The molecule has 2 N–H and O–H groups in total. The third kappa shape index (κ3) is 6.13. The molecular weight excluding hydrogens is 363 g/mol. The van der Waals surface area contributed by atoms with Gasteiger partial charge in [-0.2, -0.15) is 0 Å². The Morgan fingerprint density at radius 3 is 2.56 bits per heavy atom. The monoisotopic (exact) mass is 390 g/mol. The van der Waals surface area contributed by atoms with Crippen LogP contribution in [0, 0.1) is 11.7 Å². The third-order valence-electron chi connectivity index (χ3n) is 5.12. The molecule has 3 rings (SSSR count). The van der Waals surface area contributed by atoms with E-state index in [4.69, 9.17) is 0 Å². The highest BCUT2D eigenvalue weighted by molar-refractivity contribution is 7.89. The highest BCUT2D eigenvalue weighted by Gasteiger charge is 2.21. The zero-order valence-electron chi connectivity index (χ0n) is 15.4. The van der Waals surface area contributed by atoms with Crippen molar-refractivity contribution in [2.24, 2.45) is 5.92 Å². The van der Waals surface area contributed by atoms with Crippen LogP contribution < -0.4 is 10.0 Å². The Balaban J connectivity index is 1.41.